The Kier molecular flexibility index (Phi) is 3.58. The molecule has 2 rings (SSSR count). The number of hydrogen-bond acceptors (Lipinski definition) is 2. The lowest BCUT2D eigenvalue weighted by atomic mass is 10.1. The van der Waals surface area contributed by atoms with Crippen molar-refractivity contribution in [2.75, 3.05) is 0 Å². The number of nitrogens with one attached hydrogen (secondary N) is 1. The number of nitrogens with zero attached hydrogens (tertiary/aromatic N) is 1. The minimum Gasteiger partial charge on any atom is -0.307 e. The molecule has 3 unspecified atom stereocenters. The van der Waals surface area contributed by atoms with Crippen molar-refractivity contribution >= 4 is 0 Å². The molecule has 0 aromatic heterocycles. The van der Waals surface area contributed by atoms with Gasteiger partial charge in [-0.25, -0.2) is 0 Å². The summed E-state index contributed by atoms with van der Waals surface area (Å²) >= 11 is 0. The van der Waals surface area contributed by atoms with Gasteiger partial charge in [0.15, 0.2) is 0 Å². The summed E-state index contributed by atoms with van der Waals surface area (Å²) in [6.07, 6.45) is 3.19. The van der Waals surface area contributed by atoms with Crippen molar-refractivity contribution < 1.29 is 0 Å². The van der Waals surface area contributed by atoms with E-state index in [1.54, 1.807) is 0 Å². The van der Waals surface area contributed by atoms with Crippen molar-refractivity contribution in [2.24, 2.45) is 5.92 Å². The van der Waals surface area contributed by atoms with Gasteiger partial charge in [0.05, 0.1) is 6.07 Å². The third-order valence-electron chi connectivity index (χ3n) is 3.40. The van der Waals surface area contributed by atoms with E-state index in [9.17, 15) is 0 Å². The Bertz CT molecular complexity index is 366. The standard InChI is InChI=1S/C14H18N2/c1-11(13-5-3-2-4-6-13)16-14-8-7-12(9-14)10-15/h2-6,11-12,14,16H,7-9H2,1H3. The maximum absolute atomic E-state index is 8.86. The number of benzene rings is 1. The van der Waals surface area contributed by atoms with E-state index in [0.29, 0.717) is 12.1 Å². The topological polar surface area (TPSA) is 35.8 Å². The van der Waals surface area contributed by atoms with Crippen molar-refractivity contribution in [1.29, 1.82) is 5.26 Å². The molecule has 3 atom stereocenters. The first-order valence-electron chi connectivity index (χ1n) is 6.00. The van der Waals surface area contributed by atoms with Gasteiger partial charge >= 0.3 is 0 Å². The lowest BCUT2D eigenvalue weighted by molar-refractivity contribution is 0.455. The highest BCUT2D eigenvalue weighted by Gasteiger charge is 2.25. The zero-order valence-corrected chi connectivity index (χ0v) is 9.69. The average Bonchev–Trinajstić information content (AvgIpc) is 2.78. The molecule has 0 radical (unpaired) electrons. The van der Waals surface area contributed by atoms with Gasteiger partial charge in [0.2, 0.25) is 0 Å². The van der Waals surface area contributed by atoms with Crippen molar-refractivity contribution in [3.05, 3.63) is 35.9 Å². The number of hydrogen-bond donors (Lipinski definition) is 1. The highest BCUT2D eigenvalue weighted by atomic mass is 14.9. The van der Waals surface area contributed by atoms with Crippen LogP contribution < -0.4 is 5.32 Å². The molecule has 0 spiro atoms. The van der Waals surface area contributed by atoms with Crippen molar-refractivity contribution in [3.8, 4) is 6.07 Å². The summed E-state index contributed by atoms with van der Waals surface area (Å²) in [5, 5.41) is 12.5. The van der Waals surface area contributed by atoms with E-state index in [1.807, 2.05) is 6.07 Å². The Morgan fingerprint density at radius 1 is 1.31 bits per heavy atom. The van der Waals surface area contributed by atoms with E-state index in [1.165, 1.54) is 5.56 Å². The van der Waals surface area contributed by atoms with E-state index in [4.69, 9.17) is 5.26 Å². The Hall–Kier alpha value is -1.33. The molecule has 1 aliphatic carbocycles. The van der Waals surface area contributed by atoms with E-state index >= 15 is 0 Å². The fourth-order valence-corrected chi connectivity index (χ4v) is 2.44. The molecule has 1 aliphatic rings. The van der Waals surface area contributed by atoms with Gasteiger partial charge in [0, 0.05) is 18.0 Å². The molecule has 1 fully saturated rings. The predicted octanol–water partition coefficient (Wildman–Crippen LogP) is 3.03. The first-order chi connectivity index (χ1) is 7.79. The van der Waals surface area contributed by atoms with Gasteiger partial charge in [0.1, 0.15) is 0 Å². The van der Waals surface area contributed by atoms with E-state index in [0.717, 1.165) is 19.3 Å². The predicted molar refractivity (Wildman–Crippen MR) is 64.7 cm³/mol. The lowest BCUT2D eigenvalue weighted by Crippen LogP contribution is -2.29. The van der Waals surface area contributed by atoms with Crippen molar-refractivity contribution in [3.63, 3.8) is 0 Å². The van der Waals surface area contributed by atoms with Crippen molar-refractivity contribution in [1.82, 2.24) is 5.32 Å². The van der Waals surface area contributed by atoms with Crippen LogP contribution in [0.15, 0.2) is 30.3 Å². The van der Waals surface area contributed by atoms with Crippen molar-refractivity contribution in [2.45, 2.75) is 38.3 Å². The van der Waals surface area contributed by atoms with Gasteiger partial charge in [-0.3, -0.25) is 0 Å². The lowest BCUT2D eigenvalue weighted by Gasteiger charge is -2.19. The summed E-state index contributed by atoms with van der Waals surface area (Å²) in [5.74, 6) is 0.264. The third-order valence-corrected chi connectivity index (χ3v) is 3.40. The van der Waals surface area contributed by atoms with E-state index in [2.05, 4.69) is 42.6 Å². The Morgan fingerprint density at radius 3 is 2.69 bits per heavy atom. The third kappa shape index (κ3) is 2.62. The second-order valence-corrected chi connectivity index (χ2v) is 4.64. The molecule has 0 aliphatic heterocycles. The highest BCUT2D eigenvalue weighted by Crippen LogP contribution is 2.26. The second-order valence-electron chi connectivity index (χ2n) is 4.64. The molecule has 0 heterocycles. The highest BCUT2D eigenvalue weighted by molar-refractivity contribution is 5.18. The summed E-state index contributed by atoms with van der Waals surface area (Å²) in [5.41, 5.74) is 1.32. The SMILES string of the molecule is CC(NC1CCC(C#N)C1)c1ccccc1. The molecule has 1 N–H and O–H groups in total. The van der Waals surface area contributed by atoms with Crippen LogP contribution in [0.3, 0.4) is 0 Å². The molecule has 0 saturated heterocycles. The smallest absolute Gasteiger partial charge is 0.0656 e. The van der Waals surface area contributed by atoms with Gasteiger partial charge in [-0.05, 0) is 31.7 Å². The molecular weight excluding hydrogens is 196 g/mol. The maximum atomic E-state index is 8.86. The molecule has 0 bridgehead atoms. The summed E-state index contributed by atoms with van der Waals surface area (Å²) in [6, 6.07) is 13.7. The van der Waals surface area contributed by atoms with Crippen LogP contribution in [-0.4, -0.2) is 6.04 Å². The molecule has 0 amide bonds. The van der Waals surface area contributed by atoms with Crippen LogP contribution in [-0.2, 0) is 0 Å². The summed E-state index contributed by atoms with van der Waals surface area (Å²) in [7, 11) is 0. The normalized spacial score (nSPS) is 26.2. The maximum Gasteiger partial charge on any atom is 0.0656 e. The van der Waals surface area contributed by atoms with Crippen LogP contribution in [0.1, 0.15) is 37.8 Å². The second kappa shape index (κ2) is 5.14. The van der Waals surface area contributed by atoms with Crippen LogP contribution in [0.2, 0.25) is 0 Å². The minimum atomic E-state index is 0.264. The summed E-state index contributed by atoms with van der Waals surface area (Å²) in [6.45, 7) is 2.19. The largest absolute Gasteiger partial charge is 0.307 e. The van der Waals surface area contributed by atoms with Gasteiger partial charge in [0.25, 0.3) is 0 Å². The molecule has 16 heavy (non-hydrogen) atoms. The molecule has 1 saturated carbocycles. The van der Waals surface area contributed by atoms with Crippen LogP contribution >= 0.6 is 0 Å². The molecule has 1 aromatic rings. The van der Waals surface area contributed by atoms with Gasteiger partial charge in [-0.15, -0.1) is 0 Å². The Balaban J connectivity index is 1.89. The number of rotatable bonds is 3. The molecule has 84 valence electrons. The monoisotopic (exact) mass is 214 g/mol. The summed E-state index contributed by atoms with van der Waals surface area (Å²) < 4.78 is 0. The first kappa shape index (κ1) is 11.2. The van der Waals surface area contributed by atoms with Crippen LogP contribution in [0.25, 0.3) is 0 Å². The van der Waals surface area contributed by atoms with Gasteiger partial charge in [-0.2, -0.15) is 5.26 Å². The zero-order valence-electron chi connectivity index (χ0n) is 9.69. The molecular formula is C14H18N2. The molecule has 1 aromatic carbocycles. The van der Waals surface area contributed by atoms with Gasteiger partial charge in [-0.1, -0.05) is 30.3 Å². The minimum absolute atomic E-state index is 0.264. The van der Waals surface area contributed by atoms with Crippen LogP contribution in [0.4, 0.5) is 0 Å². The summed E-state index contributed by atoms with van der Waals surface area (Å²) in [4.78, 5) is 0. The fourth-order valence-electron chi connectivity index (χ4n) is 2.44. The number of nitriles is 1. The average molecular weight is 214 g/mol. The van der Waals surface area contributed by atoms with Crippen LogP contribution in [0, 0.1) is 17.2 Å². The molecule has 2 nitrogen and oxygen atoms in total. The zero-order chi connectivity index (χ0) is 11.4. The first-order valence-corrected chi connectivity index (χ1v) is 6.00. The van der Waals surface area contributed by atoms with E-state index < -0.39 is 0 Å². The van der Waals surface area contributed by atoms with Gasteiger partial charge < -0.3 is 5.32 Å². The van der Waals surface area contributed by atoms with Crippen LogP contribution in [0.5, 0.6) is 0 Å². The quantitative estimate of drug-likeness (QED) is 0.839. The fraction of sp³-hybridized carbons (Fsp3) is 0.500. The Labute approximate surface area is 97.3 Å². The molecule has 2 heteroatoms. The Morgan fingerprint density at radius 2 is 2.06 bits per heavy atom. The van der Waals surface area contributed by atoms with E-state index in [-0.39, 0.29) is 5.92 Å².